The Morgan fingerprint density at radius 1 is 1.18 bits per heavy atom. The normalized spacial score (nSPS) is 27.8. The average molecular weight is 473 g/mol. The van der Waals surface area contributed by atoms with Crippen LogP contribution in [0.4, 0.5) is 17.6 Å². The van der Waals surface area contributed by atoms with E-state index in [1.165, 1.54) is 17.2 Å². The summed E-state index contributed by atoms with van der Waals surface area (Å²) in [7, 11) is 0. The second-order valence-corrected chi connectivity index (χ2v) is 10.0. The van der Waals surface area contributed by atoms with Crippen LogP contribution < -0.4 is 0 Å². The van der Waals surface area contributed by atoms with Crippen molar-refractivity contribution in [3.05, 3.63) is 76.2 Å². The van der Waals surface area contributed by atoms with Gasteiger partial charge >= 0.3 is 6.18 Å². The van der Waals surface area contributed by atoms with E-state index in [1.54, 1.807) is 0 Å². The first-order valence-corrected chi connectivity index (χ1v) is 11.7. The van der Waals surface area contributed by atoms with Crippen LogP contribution in [0.15, 0.2) is 59.3 Å². The summed E-state index contributed by atoms with van der Waals surface area (Å²) in [4.78, 5) is 0. The van der Waals surface area contributed by atoms with Gasteiger partial charge in [0.05, 0.1) is 29.3 Å². The molecule has 1 N–H and O–H groups in total. The average Bonchev–Trinajstić information content (AvgIpc) is 3.18. The minimum atomic E-state index is -4.75. The molecule has 3 aliphatic rings. The lowest BCUT2D eigenvalue weighted by atomic mass is 9.57. The number of hydrogen-bond acceptors (Lipinski definition) is 2. The van der Waals surface area contributed by atoms with Gasteiger partial charge in [-0.05, 0) is 79.4 Å². The lowest BCUT2D eigenvalue weighted by Gasteiger charge is -2.48. The van der Waals surface area contributed by atoms with Crippen molar-refractivity contribution < 1.29 is 22.7 Å². The third-order valence-electron chi connectivity index (χ3n) is 7.82. The van der Waals surface area contributed by atoms with Crippen molar-refractivity contribution in [1.29, 1.82) is 0 Å². The molecular weight excluding hydrogens is 444 g/mol. The molecule has 2 aromatic rings. The zero-order valence-corrected chi connectivity index (χ0v) is 19.2. The number of alkyl halides is 4. The summed E-state index contributed by atoms with van der Waals surface area (Å²) in [6, 6.07) is 8.14. The maximum absolute atomic E-state index is 14.0. The van der Waals surface area contributed by atoms with Crippen molar-refractivity contribution in [3.63, 3.8) is 0 Å². The Hall–Kier alpha value is -2.67. The van der Waals surface area contributed by atoms with E-state index in [2.05, 4.69) is 18.1 Å². The van der Waals surface area contributed by atoms with Crippen molar-refractivity contribution in [1.82, 2.24) is 9.78 Å². The van der Waals surface area contributed by atoms with Crippen molar-refractivity contribution in [3.8, 4) is 5.69 Å². The largest absolute Gasteiger partial charge is 0.415 e. The lowest BCUT2D eigenvalue weighted by Crippen LogP contribution is -2.44. The molecule has 1 aromatic carbocycles. The summed E-state index contributed by atoms with van der Waals surface area (Å²) in [6.07, 6.45) is 1.01. The van der Waals surface area contributed by atoms with Crippen LogP contribution in [-0.4, -0.2) is 33.3 Å². The maximum atomic E-state index is 14.0. The fourth-order valence-electron chi connectivity index (χ4n) is 5.87. The molecular formula is C27H28F4N2O. The van der Waals surface area contributed by atoms with Crippen LogP contribution in [0.3, 0.4) is 0 Å². The second-order valence-electron chi connectivity index (χ2n) is 10.0. The van der Waals surface area contributed by atoms with E-state index in [1.807, 2.05) is 42.1 Å². The Morgan fingerprint density at radius 3 is 2.62 bits per heavy atom. The van der Waals surface area contributed by atoms with Crippen LogP contribution >= 0.6 is 0 Å². The van der Waals surface area contributed by atoms with Gasteiger partial charge in [0.25, 0.3) is 0 Å². The van der Waals surface area contributed by atoms with E-state index in [9.17, 15) is 22.7 Å². The van der Waals surface area contributed by atoms with Crippen LogP contribution in [0.5, 0.6) is 0 Å². The first-order chi connectivity index (χ1) is 16.1. The Bertz CT molecular complexity index is 1190. The van der Waals surface area contributed by atoms with E-state index >= 15 is 0 Å². The topological polar surface area (TPSA) is 38.0 Å². The number of nitrogens with zero attached hydrogens (tertiary/aromatic N) is 2. The molecule has 1 unspecified atom stereocenters. The smallest absolute Gasteiger partial charge is 0.388 e. The number of aromatic nitrogens is 2. The van der Waals surface area contributed by atoms with Crippen molar-refractivity contribution >= 4 is 6.08 Å². The Kier molecular flexibility index (Phi) is 5.58. The molecule has 0 aliphatic heterocycles. The predicted octanol–water partition coefficient (Wildman–Crippen LogP) is 6.44. The zero-order valence-electron chi connectivity index (χ0n) is 19.2. The van der Waals surface area contributed by atoms with Gasteiger partial charge in [-0.25, -0.2) is 9.07 Å². The summed E-state index contributed by atoms with van der Waals surface area (Å²) in [5.41, 5.74) is 3.95. The molecule has 0 radical (unpaired) electrons. The highest BCUT2D eigenvalue weighted by molar-refractivity contribution is 5.61. The monoisotopic (exact) mass is 472 g/mol. The van der Waals surface area contributed by atoms with Crippen LogP contribution in [0.1, 0.15) is 49.4 Å². The maximum Gasteiger partial charge on any atom is 0.415 e. The van der Waals surface area contributed by atoms with Crippen LogP contribution in [0.2, 0.25) is 0 Å². The van der Waals surface area contributed by atoms with Gasteiger partial charge in [-0.3, -0.25) is 0 Å². The molecule has 0 bridgehead atoms. The highest BCUT2D eigenvalue weighted by Crippen LogP contribution is 2.53. The zero-order chi connectivity index (χ0) is 24.3. The summed E-state index contributed by atoms with van der Waals surface area (Å²) < 4.78 is 55.8. The molecule has 0 amide bonds. The number of aryl methyl sites for hydroxylation is 1. The van der Waals surface area contributed by atoms with Crippen LogP contribution in [0, 0.1) is 18.3 Å². The highest BCUT2D eigenvalue weighted by Gasteiger charge is 2.48. The molecule has 4 atom stereocenters. The van der Waals surface area contributed by atoms with Gasteiger partial charge in [-0.1, -0.05) is 36.3 Å². The number of halogens is 4. The molecule has 1 saturated carbocycles. The van der Waals surface area contributed by atoms with Gasteiger partial charge in [0.1, 0.15) is 6.17 Å². The number of hydrogen-bond donors (Lipinski definition) is 1. The molecule has 0 spiro atoms. The minimum absolute atomic E-state index is 0.176. The SMILES string of the molecule is Cc1ccc(-n2ncc3c2C=C2CCC[C@H]([C@@H](O)C4=CCC(F)C(C(F)(F)F)=C4)[C@@]2(C)C3)cc1. The van der Waals surface area contributed by atoms with E-state index in [0.717, 1.165) is 35.9 Å². The molecule has 0 saturated heterocycles. The minimum Gasteiger partial charge on any atom is -0.388 e. The quantitative estimate of drug-likeness (QED) is 0.522. The van der Waals surface area contributed by atoms with Gasteiger partial charge in [-0.15, -0.1) is 0 Å². The molecule has 5 rings (SSSR count). The Morgan fingerprint density at radius 2 is 1.91 bits per heavy atom. The van der Waals surface area contributed by atoms with E-state index in [4.69, 9.17) is 0 Å². The molecule has 180 valence electrons. The van der Waals surface area contributed by atoms with E-state index in [-0.39, 0.29) is 17.9 Å². The molecule has 3 nitrogen and oxygen atoms in total. The van der Waals surface area contributed by atoms with E-state index in [0.29, 0.717) is 12.8 Å². The molecule has 7 heteroatoms. The number of rotatable bonds is 3. The van der Waals surface area contributed by atoms with Crippen LogP contribution in [0.25, 0.3) is 11.8 Å². The van der Waals surface area contributed by atoms with Gasteiger partial charge in [-0.2, -0.15) is 18.3 Å². The number of fused-ring (bicyclic) bond motifs is 2. The van der Waals surface area contributed by atoms with Gasteiger partial charge < -0.3 is 5.11 Å². The Labute approximate surface area is 196 Å². The number of benzene rings is 1. The standard InChI is InChI=1S/C27H28F4N2O/c1-16-6-9-20(10-7-16)33-24-13-19-4-3-5-21(26(19,2)14-18(24)15-32-33)25(34)17-8-11-23(28)22(12-17)27(29,30)31/h6-10,12-13,15,21,23,25,34H,3-5,11,14H2,1-2H3/t21-,23?,25+,26+/m1/s1. The highest BCUT2D eigenvalue weighted by atomic mass is 19.4. The molecule has 1 aromatic heterocycles. The summed E-state index contributed by atoms with van der Waals surface area (Å²) in [5.74, 6) is -0.267. The molecule has 34 heavy (non-hydrogen) atoms. The molecule has 1 fully saturated rings. The van der Waals surface area contributed by atoms with Crippen molar-refractivity contribution in [2.45, 2.75) is 64.4 Å². The van der Waals surface area contributed by atoms with Crippen molar-refractivity contribution in [2.75, 3.05) is 0 Å². The Balaban J connectivity index is 1.48. The van der Waals surface area contributed by atoms with E-state index < -0.39 is 29.4 Å². The predicted molar refractivity (Wildman–Crippen MR) is 123 cm³/mol. The summed E-state index contributed by atoms with van der Waals surface area (Å²) >= 11 is 0. The third-order valence-corrected chi connectivity index (χ3v) is 7.82. The van der Waals surface area contributed by atoms with Crippen LogP contribution in [-0.2, 0) is 6.42 Å². The molecule has 3 aliphatic carbocycles. The van der Waals surface area contributed by atoms with Gasteiger partial charge in [0.2, 0.25) is 0 Å². The number of aliphatic hydroxyl groups excluding tert-OH is 1. The fraction of sp³-hybridized carbons (Fsp3) is 0.444. The van der Waals surface area contributed by atoms with Gasteiger partial charge in [0.15, 0.2) is 0 Å². The second kappa shape index (κ2) is 8.22. The summed E-state index contributed by atoms with van der Waals surface area (Å²) in [6.45, 7) is 4.12. The first-order valence-electron chi connectivity index (χ1n) is 11.7. The van der Waals surface area contributed by atoms with Crippen molar-refractivity contribution in [2.24, 2.45) is 11.3 Å². The third kappa shape index (κ3) is 3.84. The first kappa shape index (κ1) is 23.1. The number of aliphatic hydroxyl groups is 1. The summed E-state index contributed by atoms with van der Waals surface area (Å²) in [5, 5.41) is 15.9. The number of allylic oxidation sites excluding steroid dienone is 3. The fourth-order valence-corrected chi connectivity index (χ4v) is 5.87. The lowest BCUT2D eigenvalue weighted by molar-refractivity contribution is -0.101. The molecule has 1 heterocycles. The van der Waals surface area contributed by atoms with Gasteiger partial charge in [0, 0.05) is 6.42 Å².